The molecular formula is C15H25N3O. The van der Waals surface area contributed by atoms with Gasteiger partial charge in [0.25, 0.3) is 0 Å². The van der Waals surface area contributed by atoms with Crippen LogP contribution in [0.1, 0.15) is 57.2 Å². The highest BCUT2D eigenvalue weighted by Crippen LogP contribution is 2.37. The van der Waals surface area contributed by atoms with Gasteiger partial charge in [0.1, 0.15) is 0 Å². The van der Waals surface area contributed by atoms with Crippen molar-refractivity contribution < 1.29 is 4.74 Å². The van der Waals surface area contributed by atoms with Crippen LogP contribution in [-0.4, -0.2) is 22.8 Å². The third-order valence-corrected chi connectivity index (χ3v) is 4.99. The molecule has 106 valence electrons. The maximum Gasteiger partial charge on any atom is 0.0953 e. The lowest BCUT2D eigenvalue weighted by Crippen LogP contribution is -2.36. The van der Waals surface area contributed by atoms with Crippen LogP contribution in [0.3, 0.4) is 0 Å². The molecule has 0 spiro atoms. The molecule has 2 aliphatic rings. The number of nitrogens with zero attached hydrogens (tertiary/aromatic N) is 2. The monoisotopic (exact) mass is 263 g/mol. The Labute approximate surface area is 115 Å². The van der Waals surface area contributed by atoms with Crippen molar-refractivity contribution in [3.63, 3.8) is 0 Å². The molecule has 4 nitrogen and oxygen atoms in total. The van der Waals surface area contributed by atoms with Gasteiger partial charge in [-0.05, 0) is 26.2 Å². The van der Waals surface area contributed by atoms with Gasteiger partial charge < -0.3 is 15.0 Å². The van der Waals surface area contributed by atoms with Gasteiger partial charge in [0, 0.05) is 24.3 Å². The molecule has 0 amide bonds. The van der Waals surface area contributed by atoms with Crippen molar-refractivity contribution in [2.24, 2.45) is 11.7 Å². The molecule has 2 heterocycles. The van der Waals surface area contributed by atoms with Gasteiger partial charge in [-0.2, -0.15) is 0 Å². The molecule has 2 N–H and O–H groups in total. The van der Waals surface area contributed by atoms with E-state index in [1.54, 1.807) is 0 Å². The molecule has 1 saturated carbocycles. The van der Waals surface area contributed by atoms with Gasteiger partial charge in [-0.15, -0.1) is 0 Å². The van der Waals surface area contributed by atoms with Crippen LogP contribution in [0.2, 0.25) is 0 Å². The van der Waals surface area contributed by atoms with Gasteiger partial charge in [-0.3, -0.25) is 0 Å². The van der Waals surface area contributed by atoms with Crippen LogP contribution in [0.15, 0.2) is 12.5 Å². The lowest BCUT2D eigenvalue weighted by atomic mass is 9.82. The molecule has 19 heavy (non-hydrogen) atoms. The second kappa shape index (κ2) is 5.25. The number of nitrogens with two attached hydrogens (primary N) is 1. The standard InChI is InChI=1S/C15H25N3O/c1-15(6-3-2-4-7-15)18-11-17-9-13(18)14(16)12-5-8-19-10-12/h9,11-12,14H,2-8,10,16H2,1H3. The number of imidazole rings is 1. The second-order valence-corrected chi connectivity index (χ2v) is 6.40. The summed E-state index contributed by atoms with van der Waals surface area (Å²) in [6.45, 7) is 4.00. The SMILES string of the molecule is CC1(n2cncc2C(N)C2CCOC2)CCCCC1. The first-order chi connectivity index (χ1) is 9.21. The molecule has 1 saturated heterocycles. The van der Waals surface area contributed by atoms with Crippen LogP contribution in [0.25, 0.3) is 0 Å². The minimum atomic E-state index is 0.0590. The summed E-state index contributed by atoms with van der Waals surface area (Å²) < 4.78 is 7.83. The van der Waals surface area contributed by atoms with Gasteiger partial charge in [-0.25, -0.2) is 4.98 Å². The molecule has 2 unspecified atom stereocenters. The highest BCUT2D eigenvalue weighted by molar-refractivity contribution is 5.11. The van der Waals surface area contributed by atoms with E-state index in [9.17, 15) is 0 Å². The summed E-state index contributed by atoms with van der Waals surface area (Å²) in [5.74, 6) is 0.447. The fraction of sp³-hybridized carbons (Fsp3) is 0.800. The van der Waals surface area contributed by atoms with Gasteiger partial charge in [0.15, 0.2) is 0 Å². The number of hydrogen-bond acceptors (Lipinski definition) is 3. The maximum absolute atomic E-state index is 6.47. The lowest BCUT2D eigenvalue weighted by Gasteiger charge is -2.37. The molecule has 2 atom stereocenters. The van der Waals surface area contributed by atoms with Crippen molar-refractivity contribution in [3.05, 3.63) is 18.2 Å². The summed E-state index contributed by atoms with van der Waals surface area (Å²) >= 11 is 0. The molecule has 1 aromatic rings. The Morgan fingerprint density at radius 2 is 2.21 bits per heavy atom. The van der Waals surface area contributed by atoms with Gasteiger partial charge >= 0.3 is 0 Å². The van der Waals surface area contributed by atoms with Crippen LogP contribution in [-0.2, 0) is 10.3 Å². The van der Waals surface area contributed by atoms with E-state index in [4.69, 9.17) is 10.5 Å². The summed E-state index contributed by atoms with van der Waals surface area (Å²) in [6, 6.07) is 0.0590. The van der Waals surface area contributed by atoms with E-state index in [-0.39, 0.29) is 11.6 Å². The zero-order valence-electron chi connectivity index (χ0n) is 11.8. The van der Waals surface area contributed by atoms with Crippen molar-refractivity contribution in [3.8, 4) is 0 Å². The van der Waals surface area contributed by atoms with Crippen molar-refractivity contribution >= 4 is 0 Å². The molecule has 0 radical (unpaired) electrons. The van der Waals surface area contributed by atoms with E-state index in [0.717, 1.165) is 19.6 Å². The zero-order valence-corrected chi connectivity index (χ0v) is 11.8. The number of hydrogen-bond donors (Lipinski definition) is 1. The van der Waals surface area contributed by atoms with Crippen molar-refractivity contribution in [2.45, 2.75) is 57.0 Å². The Hall–Kier alpha value is -0.870. The predicted octanol–water partition coefficient (Wildman–Crippen LogP) is 2.60. The molecule has 1 aliphatic carbocycles. The topological polar surface area (TPSA) is 53.1 Å². The van der Waals surface area contributed by atoms with Crippen molar-refractivity contribution in [1.82, 2.24) is 9.55 Å². The predicted molar refractivity (Wildman–Crippen MR) is 74.8 cm³/mol. The number of ether oxygens (including phenoxy) is 1. The van der Waals surface area contributed by atoms with Crippen LogP contribution < -0.4 is 5.73 Å². The smallest absolute Gasteiger partial charge is 0.0953 e. The first-order valence-corrected chi connectivity index (χ1v) is 7.57. The fourth-order valence-electron chi connectivity index (χ4n) is 3.63. The Bertz CT molecular complexity index is 417. The van der Waals surface area contributed by atoms with Crippen LogP contribution >= 0.6 is 0 Å². The molecule has 1 aromatic heterocycles. The molecule has 4 heteroatoms. The normalized spacial score (nSPS) is 28.4. The van der Waals surface area contributed by atoms with E-state index in [2.05, 4.69) is 16.5 Å². The van der Waals surface area contributed by atoms with E-state index in [0.29, 0.717) is 5.92 Å². The summed E-state index contributed by atoms with van der Waals surface area (Å²) in [4.78, 5) is 4.38. The average molecular weight is 263 g/mol. The molecular weight excluding hydrogens is 238 g/mol. The lowest BCUT2D eigenvalue weighted by molar-refractivity contribution is 0.175. The van der Waals surface area contributed by atoms with Crippen LogP contribution in [0.4, 0.5) is 0 Å². The van der Waals surface area contributed by atoms with Crippen LogP contribution in [0, 0.1) is 5.92 Å². The number of aromatic nitrogens is 2. The summed E-state index contributed by atoms with van der Waals surface area (Å²) in [7, 11) is 0. The van der Waals surface area contributed by atoms with Gasteiger partial charge in [0.05, 0.1) is 24.7 Å². The molecule has 0 aromatic carbocycles. The molecule has 1 aliphatic heterocycles. The highest BCUT2D eigenvalue weighted by Gasteiger charge is 2.33. The minimum Gasteiger partial charge on any atom is -0.381 e. The highest BCUT2D eigenvalue weighted by atomic mass is 16.5. The molecule has 0 bridgehead atoms. The quantitative estimate of drug-likeness (QED) is 0.912. The Balaban J connectivity index is 1.84. The maximum atomic E-state index is 6.47. The van der Waals surface area contributed by atoms with Crippen molar-refractivity contribution in [1.29, 1.82) is 0 Å². The Morgan fingerprint density at radius 3 is 2.89 bits per heavy atom. The number of rotatable bonds is 3. The summed E-state index contributed by atoms with van der Waals surface area (Å²) in [5, 5.41) is 0. The second-order valence-electron chi connectivity index (χ2n) is 6.40. The largest absolute Gasteiger partial charge is 0.381 e. The molecule has 2 fully saturated rings. The molecule has 3 rings (SSSR count). The van der Waals surface area contributed by atoms with E-state index < -0.39 is 0 Å². The van der Waals surface area contributed by atoms with Crippen molar-refractivity contribution in [2.75, 3.05) is 13.2 Å². The fourth-order valence-corrected chi connectivity index (χ4v) is 3.63. The third kappa shape index (κ3) is 2.43. The summed E-state index contributed by atoms with van der Waals surface area (Å²) in [5.41, 5.74) is 7.87. The van der Waals surface area contributed by atoms with Gasteiger partial charge in [-0.1, -0.05) is 19.3 Å². The first-order valence-electron chi connectivity index (χ1n) is 7.57. The minimum absolute atomic E-state index is 0.0590. The van der Waals surface area contributed by atoms with Crippen LogP contribution in [0.5, 0.6) is 0 Å². The van der Waals surface area contributed by atoms with E-state index in [1.165, 1.54) is 37.8 Å². The zero-order chi connectivity index (χ0) is 13.3. The Kier molecular flexibility index (Phi) is 3.63. The summed E-state index contributed by atoms with van der Waals surface area (Å²) in [6.07, 6.45) is 11.5. The third-order valence-electron chi connectivity index (χ3n) is 4.99. The average Bonchev–Trinajstić information content (AvgIpc) is 3.10. The Morgan fingerprint density at radius 1 is 1.42 bits per heavy atom. The van der Waals surface area contributed by atoms with E-state index >= 15 is 0 Å². The van der Waals surface area contributed by atoms with Gasteiger partial charge in [0.2, 0.25) is 0 Å². The van der Waals surface area contributed by atoms with E-state index in [1.807, 2.05) is 12.5 Å². The first kappa shape index (κ1) is 13.1.